The Morgan fingerprint density at radius 3 is 2.28 bits per heavy atom. The quantitative estimate of drug-likeness (QED) is 0.735. The minimum Gasteiger partial charge on any atom is -0.459 e. The van der Waals surface area contributed by atoms with Crippen molar-refractivity contribution < 1.29 is 18.4 Å². The van der Waals surface area contributed by atoms with Crippen LogP contribution in [0.5, 0.6) is 0 Å². The maximum Gasteiger partial charge on any atom is 0.289 e. The fourth-order valence-electron chi connectivity index (χ4n) is 3.14. The number of rotatable bonds is 4. The van der Waals surface area contributed by atoms with Gasteiger partial charge in [0.15, 0.2) is 5.76 Å². The summed E-state index contributed by atoms with van der Waals surface area (Å²) in [6.45, 7) is 1.70. The minimum atomic E-state index is -0.366. The summed E-state index contributed by atoms with van der Waals surface area (Å²) in [6, 6.07) is 12.9. The molecule has 0 atom stereocenters. The zero-order valence-corrected chi connectivity index (χ0v) is 15.5. The van der Waals surface area contributed by atoms with Crippen molar-refractivity contribution in [3.8, 4) is 0 Å². The standard InChI is InChI=1S/C21H19FN4O3/c22-16-4-1-2-5-17(16)24-15-7-8-18(23-14-15)20(27)25-9-11-26(12-10-25)21(28)19-6-3-13-29-19/h1-8,13-14,24H,9-12H2. The molecule has 148 valence electrons. The van der Waals surface area contributed by atoms with E-state index in [1.54, 1.807) is 52.3 Å². The molecule has 0 radical (unpaired) electrons. The largest absolute Gasteiger partial charge is 0.459 e. The minimum absolute atomic E-state index is 0.177. The van der Waals surface area contributed by atoms with Crippen molar-refractivity contribution in [2.75, 3.05) is 31.5 Å². The molecule has 1 aromatic carbocycles. The number of furan rings is 1. The van der Waals surface area contributed by atoms with Crippen molar-refractivity contribution in [1.82, 2.24) is 14.8 Å². The summed E-state index contributed by atoms with van der Waals surface area (Å²) in [5.41, 5.74) is 1.22. The SMILES string of the molecule is O=C(c1ccc(Nc2ccccc2F)cn1)N1CCN(C(=O)c2ccco2)CC1. The summed E-state index contributed by atoms with van der Waals surface area (Å²) in [4.78, 5) is 32.5. The van der Waals surface area contributed by atoms with Crippen molar-refractivity contribution >= 4 is 23.2 Å². The number of piperazine rings is 1. The molecule has 8 heteroatoms. The highest BCUT2D eigenvalue weighted by Gasteiger charge is 2.27. The van der Waals surface area contributed by atoms with Gasteiger partial charge in [0.2, 0.25) is 0 Å². The number of carbonyl (C=O) groups excluding carboxylic acids is 2. The van der Waals surface area contributed by atoms with Gasteiger partial charge in [-0.05, 0) is 36.4 Å². The Morgan fingerprint density at radius 1 is 0.931 bits per heavy atom. The second-order valence-corrected chi connectivity index (χ2v) is 6.60. The van der Waals surface area contributed by atoms with Gasteiger partial charge in [-0.1, -0.05) is 12.1 Å². The van der Waals surface area contributed by atoms with Crippen molar-refractivity contribution in [2.24, 2.45) is 0 Å². The maximum absolute atomic E-state index is 13.7. The number of benzene rings is 1. The third-order valence-corrected chi connectivity index (χ3v) is 4.72. The molecule has 29 heavy (non-hydrogen) atoms. The van der Waals surface area contributed by atoms with Gasteiger partial charge < -0.3 is 19.5 Å². The Kier molecular flexibility index (Phi) is 5.24. The molecule has 3 aromatic rings. The first-order valence-electron chi connectivity index (χ1n) is 9.21. The van der Waals surface area contributed by atoms with Crippen LogP contribution in [0.15, 0.2) is 65.4 Å². The fourth-order valence-corrected chi connectivity index (χ4v) is 3.14. The lowest BCUT2D eigenvalue weighted by Gasteiger charge is -2.34. The summed E-state index contributed by atoms with van der Waals surface area (Å²) >= 11 is 0. The van der Waals surface area contributed by atoms with Crippen LogP contribution >= 0.6 is 0 Å². The molecule has 0 unspecified atom stereocenters. The normalized spacial score (nSPS) is 14.0. The van der Waals surface area contributed by atoms with E-state index in [4.69, 9.17) is 4.42 Å². The molecule has 7 nitrogen and oxygen atoms in total. The number of para-hydroxylation sites is 1. The number of halogens is 1. The van der Waals surface area contributed by atoms with E-state index in [0.29, 0.717) is 49.0 Å². The molecular weight excluding hydrogens is 375 g/mol. The Hall–Kier alpha value is -3.68. The van der Waals surface area contributed by atoms with Crippen LogP contribution in [0.2, 0.25) is 0 Å². The summed E-state index contributed by atoms with van der Waals surface area (Å²) in [5.74, 6) is -0.449. The molecule has 4 rings (SSSR count). The average Bonchev–Trinajstić information content (AvgIpc) is 3.30. The van der Waals surface area contributed by atoms with E-state index in [1.165, 1.54) is 18.5 Å². The van der Waals surface area contributed by atoms with Crippen molar-refractivity contribution in [1.29, 1.82) is 0 Å². The number of pyridine rings is 1. The van der Waals surface area contributed by atoms with Crippen molar-refractivity contribution in [3.63, 3.8) is 0 Å². The second kappa shape index (κ2) is 8.14. The van der Waals surface area contributed by atoms with Gasteiger partial charge in [-0.2, -0.15) is 0 Å². The lowest BCUT2D eigenvalue weighted by atomic mass is 10.2. The first-order chi connectivity index (χ1) is 14.1. The molecule has 0 bridgehead atoms. The van der Waals surface area contributed by atoms with Gasteiger partial charge >= 0.3 is 0 Å². The Bertz CT molecular complexity index is 997. The van der Waals surface area contributed by atoms with E-state index in [-0.39, 0.29) is 17.6 Å². The van der Waals surface area contributed by atoms with E-state index in [0.717, 1.165) is 0 Å². The van der Waals surface area contributed by atoms with Gasteiger partial charge in [0.25, 0.3) is 11.8 Å². The highest BCUT2D eigenvalue weighted by Crippen LogP contribution is 2.19. The zero-order chi connectivity index (χ0) is 20.2. The molecule has 2 amide bonds. The van der Waals surface area contributed by atoms with Gasteiger partial charge in [-0.15, -0.1) is 0 Å². The maximum atomic E-state index is 13.7. The van der Waals surface area contributed by atoms with Crippen LogP contribution in [0.1, 0.15) is 21.0 Å². The zero-order valence-electron chi connectivity index (χ0n) is 15.5. The summed E-state index contributed by atoms with van der Waals surface area (Å²) < 4.78 is 18.9. The van der Waals surface area contributed by atoms with Crippen LogP contribution in [0.4, 0.5) is 15.8 Å². The molecule has 1 fully saturated rings. The summed E-state index contributed by atoms with van der Waals surface area (Å²) in [6.07, 6.45) is 2.96. The summed E-state index contributed by atoms with van der Waals surface area (Å²) in [5, 5.41) is 2.93. The smallest absolute Gasteiger partial charge is 0.289 e. The van der Waals surface area contributed by atoms with E-state index in [1.807, 2.05) is 0 Å². The highest BCUT2D eigenvalue weighted by atomic mass is 19.1. The summed E-state index contributed by atoms with van der Waals surface area (Å²) in [7, 11) is 0. The number of hydrogen-bond donors (Lipinski definition) is 1. The number of aromatic nitrogens is 1. The third kappa shape index (κ3) is 4.11. The number of carbonyl (C=O) groups is 2. The first-order valence-corrected chi connectivity index (χ1v) is 9.21. The van der Waals surface area contributed by atoms with E-state index < -0.39 is 0 Å². The van der Waals surface area contributed by atoms with Gasteiger partial charge in [0.1, 0.15) is 11.5 Å². The van der Waals surface area contributed by atoms with Crippen LogP contribution in [0.25, 0.3) is 0 Å². The lowest BCUT2D eigenvalue weighted by Crippen LogP contribution is -2.50. The van der Waals surface area contributed by atoms with Gasteiger partial charge in [0.05, 0.1) is 23.8 Å². The molecule has 0 saturated carbocycles. The van der Waals surface area contributed by atoms with Crippen LogP contribution in [0.3, 0.4) is 0 Å². The number of hydrogen-bond acceptors (Lipinski definition) is 5. The molecule has 1 aliphatic rings. The average molecular weight is 394 g/mol. The molecule has 0 aliphatic carbocycles. The van der Waals surface area contributed by atoms with E-state index in [2.05, 4.69) is 10.3 Å². The van der Waals surface area contributed by atoms with Crippen LogP contribution in [0, 0.1) is 5.82 Å². The van der Waals surface area contributed by atoms with Crippen LogP contribution < -0.4 is 5.32 Å². The van der Waals surface area contributed by atoms with E-state index >= 15 is 0 Å². The fraction of sp³-hybridized carbons (Fsp3) is 0.190. The lowest BCUT2D eigenvalue weighted by molar-refractivity contribution is 0.0515. The molecule has 1 aliphatic heterocycles. The van der Waals surface area contributed by atoms with Gasteiger partial charge in [-0.3, -0.25) is 9.59 Å². The predicted octanol–water partition coefficient (Wildman–Crippen LogP) is 3.16. The molecule has 1 saturated heterocycles. The predicted molar refractivity (Wildman–Crippen MR) is 104 cm³/mol. The molecule has 3 heterocycles. The Balaban J connectivity index is 1.35. The molecular formula is C21H19FN4O3. The van der Waals surface area contributed by atoms with Gasteiger partial charge in [0, 0.05) is 26.2 Å². The van der Waals surface area contributed by atoms with E-state index in [9.17, 15) is 14.0 Å². The first kappa shape index (κ1) is 18.7. The number of nitrogens with zero attached hydrogens (tertiary/aromatic N) is 3. The van der Waals surface area contributed by atoms with Crippen LogP contribution in [-0.4, -0.2) is 52.8 Å². The highest BCUT2D eigenvalue weighted by molar-refractivity contribution is 5.94. The Labute approximate surface area is 166 Å². The topological polar surface area (TPSA) is 78.7 Å². The molecule has 0 spiro atoms. The van der Waals surface area contributed by atoms with Crippen LogP contribution in [-0.2, 0) is 0 Å². The van der Waals surface area contributed by atoms with Crippen molar-refractivity contribution in [2.45, 2.75) is 0 Å². The number of anilines is 2. The third-order valence-electron chi connectivity index (χ3n) is 4.72. The monoisotopic (exact) mass is 394 g/mol. The number of nitrogens with one attached hydrogen (secondary N) is 1. The van der Waals surface area contributed by atoms with Gasteiger partial charge in [-0.25, -0.2) is 9.37 Å². The van der Waals surface area contributed by atoms with Crippen molar-refractivity contribution in [3.05, 3.63) is 78.3 Å². The number of amides is 2. The Morgan fingerprint density at radius 2 is 1.66 bits per heavy atom. The second-order valence-electron chi connectivity index (χ2n) is 6.60. The molecule has 2 aromatic heterocycles. The molecule has 1 N–H and O–H groups in total.